The molecule has 0 aromatic rings. The van der Waals surface area contributed by atoms with E-state index in [2.05, 4.69) is 11.3 Å². The Balaban J connectivity index is 2.79. The van der Waals surface area contributed by atoms with Gasteiger partial charge in [-0.1, -0.05) is 31.6 Å². The first-order valence-electron chi connectivity index (χ1n) is 5.85. The van der Waals surface area contributed by atoms with Crippen molar-refractivity contribution in [1.29, 1.82) is 0 Å². The number of nitrogens with one attached hydrogen (secondary N) is 1. The maximum Gasteiger partial charge on any atom is 0.110 e. The maximum absolute atomic E-state index is 5.91. The number of nitrogens with two attached hydrogens (primary N) is 1. The molecule has 3 heteroatoms. The van der Waals surface area contributed by atoms with Gasteiger partial charge >= 0.3 is 0 Å². The molecule has 1 unspecified atom stereocenters. The third-order valence-electron chi connectivity index (χ3n) is 3.24. The minimum Gasteiger partial charge on any atom is -0.373 e. The van der Waals surface area contributed by atoms with Gasteiger partial charge in [-0.25, -0.2) is 5.43 Å². The largest absolute Gasteiger partial charge is 0.373 e. The molecule has 1 aliphatic rings. The van der Waals surface area contributed by atoms with E-state index in [-0.39, 0.29) is 11.6 Å². The predicted octanol–water partition coefficient (Wildman–Crippen LogP) is 1.58. The van der Waals surface area contributed by atoms with Crippen LogP contribution in [0.4, 0.5) is 0 Å². The van der Waals surface area contributed by atoms with Crippen LogP contribution in [-0.4, -0.2) is 18.2 Å². The Hall–Kier alpha value is -0.560. The first-order valence-corrected chi connectivity index (χ1v) is 5.85. The van der Waals surface area contributed by atoms with Crippen molar-refractivity contribution in [1.82, 2.24) is 5.43 Å². The first-order chi connectivity index (χ1) is 7.29. The zero-order valence-electron chi connectivity index (χ0n) is 9.59. The third-order valence-corrected chi connectivity index (χ3v) is 3.24. The summed E-state index contributed by atoms with van der Waals surface area (Å²) in [6.07, 6.45) is 12.4. The van der Waals surface area contributed by atoms with Gasteiger partial charge in [0.15, 0.2) is 0 Å². The fraction of sp³-hybridized carbons (Fsp3) is 0.833. The molecule has 0 heterocycles. The van der Waals surface area contributed by atoms with Crippen LogP contribution in [0.1, 0.15) is 45.4 Å². The molecule has 1 atom stereocenters. The van der Waals surface area contributed by atoms with Crippen LogP contribution in [0.25, 0.3) is 0 Å². The lowest BCUT2D eigenvalue weighted by Crippen LogP contribution is -2.54. The van der Waals surface area contributed by atoms with E-state index in [9.17, 15) is 0 Å². The summed E-state index contributed by atoms with van der Waals surface area (Å²) in [6, 6.07) is -0.171. The number of hydrazine groups is 1. The van der Waals surface area contributed by atoms with Crippen molar-refractivity contribution in [2.75, 3.05) is 6.61 Å². The molecule has 0 aliphatic heterocycles. The summed E-state index contributed by atoms with van der Waals surface area (Å²) in [5.41, 5.74) is 2.47. The summed E-state index contributed by atoms with van der Waals surface area (Å²) < 4.78 is 5.91. The normalized spacial score (nSPS) is 22.7. The van der Waals surface area contributed by atoms with Gasteiger partial charge in [0, 0.05) is 6.61 Å². The van der Waals surface area contributed by atoms with Crippen molar-refractivity contribution in [2.24, 2.45) is 5.84 Å². The van der Waals surface area contributed by atoms with Crippen molar-refractivity contribution in [3.63, 3.8) is 0 Å². The Morgan fingerprint density at radius 2 is 2.00 bits per heavy atom. The van der Waals surface area contributed by atoms with Gasteiger partial charge in [-0.2, -0.15) is 0 Å². The van der Waals surface area contributed by atoms with Crippen molar-refractivity contribution in [3.8, 4) is 12.3 Å². The minimum atomic E-state index is -0.241. The lowest BCUT2D eigenvalue weighted by molar-refractivity contribution is -0.0640. The Morgan fingerprint density at radius 3 is 2.40 bits per heavy atom. The minimum absolute atomic E-state index is 0.171. The Bertz CT molecular complexity index is 214. The molecule has 1 fully saturated rings. The number of hydrogen-bond donors (Lipinski definition) is 2. The van der Waals surface area contributed by atoms with Gasteiger partial charge in [-0.15, -0.1) is 6.42 Å². The molecule has 0 aromatic heterocycles. The van der Waals surface area contributed by atoms with E-state index < -0.39 is 0 Å². The predicted molar refractivity (Wildman–Crippen MR) is 62.0 cm³/mol. The quantitative estimate of drug-likeness (QED) is 0.320. The highest BCUT2D eigenvalue weighted by Crippen LogP contribution is 2.33. The molecule has 0 radical (unpaired) electrons. The molecular formula is C12H22N2O. The van der Waals surface area contributed by atoms with Gasteiger partial charge in [-0.05, 0) is 19.8 Å². The number of rotatable bonds is 4. The standard InChI is InChI=1S/C12H22N2O/c1-3-11(14-13)12(15-4-2)9-7-5-6-8-10-12/h1,11,14H,4-10,13H2,2H3. The lowest BCUT2D eigenvalue weighted by Gasteiger charge is -2.37. The van der Waals surface area contributed by atoms with Crippen LogP contribution in [0, 0.1) is 12.3 Å². The average Bonchev–Trinajstić information content (AvgIpc) is 2.47. The monoisotopic (exact) mass is 210 g/mol. The molecule has 1 rings (SSSR count). The van der Waals surface area contributed by atoms with Crippen molar-refractivity contribution >= 4 is 0 Å². The molecule has 15 heavy (non-hydrogen) atoms. The van der Waals surface area contributed by atoms with Crippen molar-refractivity contribution in [2.45, 2.75) is 57.1 Å². The first kappa shape index (κ1) is 12.5. The second kappa shape index (κ2) is 6.12. The maximum atomic E-state index is 5.91. The second-order valence-corrected chi connectivity index (χ2v) is 4.18. The molecule has 3 N–H and O–H groups in total. The molecule has 0 aromatic carbocycles. The molecule has 1 saturated carbocycles. The number of hydrogen-bond acceptors (Lipinski definition) is 3. The van der Waals surface area contributed by atoms with Gasteiger partial charge in [0.05, 0.1) is 5.60 Å². The molecular weight excluding hydrogens is 188 g/mol. The third kappa shape index (κ3) is 2.94. The van der Waals surface area contributed by atoms with Gasteiger partial charge in [0.1, 0.15) is 6.04 Å². The highest BCUT2D eigenvalue weighted by molar-refractivity contribution is 5.10. The molecule has 0 saturated heterocycles. The molecule has 1 aliphatic carbocycles. The summed E-state index contributed by atoms with van der Waals surface area (Å²) in [6.45, 7) is 2.70. The summed E-state index contributed by atoms with van der Waals surface area (Å²) in [5.74, 6) is 8.22. The van der Waals surface area contributed by atoms with Crippen LogP contribution < -0.4 is 11.3 Å². The smallest absolute Gasteiger partial charge is 0.110 e. The van der Waals surface area contributed by atoms with Crippen LogP contribution in [0.3, 0.4) is 0 Å². The summed E-state index contributed by atoms with van der Waals surface area (Å²) in [5, 5.41) is 0. The zero-order valence-corrected chi connectivity index (χ0v) is 9.59. The van der Waals surface area contributed by atoms with Crippen molar-refractivity contribution < 1.29 is 4.74 Å². The molecule has 0 amide bonds. The fourth-order valence-corrected chi connectivity index (χ4v) is 2.48. The van der Waals surface area contributed by atoms with E-state index in [0.717, 1.165) is 12.8 Å². The molecule has 86 valence electrons. The van der Waals surface area contributed by atoms with E-state index >= 15 is 0 Å². The molecule has 0 spiro atoms. The summed E-state index contributed by atoms with van der Waals surface area (Å²) >= 11 is 0. The van der Waals surface area contributed by atoms with E-state index in [4.69, 9.17) is 17.0 Å². The number of ether oxygens (including phenoxy) is 1. The van der Waals surface area contributed by atoms with Crippen LogP contribution in [0.2, 0.25) is 0 Å². The van der Waals surface area contributed by atoms with Gasteiger partial charge < -0.3 is 4.74 Å². The van der Waals surface area contributed by atoms with Gasteiger partial charge in [-0.3, -0.25) is 5.84 Å². The van der Waals surface area contributed by atoms with E-state index in [1.807, 2.05) is 6.92 Å². The number of terminal acetylenes is 1. The van der Waals surface area contributed by atoms with Crippen LogP contribution in [-0.2, 0) is 4.74 Å². The van der Waals surface area contributed by atoms with Crippen molar-refractivity contribution in [3.05, 3.63) is 0 Å². The van der Waals surface area contributed by atoms with E-state index in [0.29, 0.717) is 6.61 Å². The second-order valence-electron chi connectivity index (χ2n) is 4.18. The van der Waals surface area contributed by atoms with Gasteiger partial charge in [0.25, 0.3) is 0 Å². The SMILES string of the molecule is C#CC(NN)C1(OCC)CCCCCC1. The van der Waals surface area contributed by atoms with Crippen LogP contribution in [0.15, 0.2) is 0 Å². The Kier molecular flexibility index (Phi) is 5.10. The molecule has 0 bridgehead atoms. The van der Waals surface area contributed by atoms with Crippen LogP contribution >= 0.6 is 0 Å². The fourth-order valence-electron chi connectivity index (χ4n) is 2.48. The Labute approximate surface area is 92.7 Å². The highest BCUT2D eigenvalue weighted by atomic mass is 16.5. The summed E-state index contributed by atoms with van der Waals surface area (Å²) in [4.78, 5) is 0. The van der Waals surface area contributed by atoms with E-state index in [1.165, 1.54) is 25.7 Å². The zero-order chi connectivity index (χ0) is 11.1. The highest BCUT2D eigenvalue weighted by Gasteiger charge is 2.38. The Morgan fingerprint density at radius 1 is 1.40 bits per heavy atom. The van der Waals surface area contributed by atoms with Gasteiger partial charge in [0.2, 0.25) is 0 Å². The summed E-state index contributed by atoms with van der Waals surface area (Å²) in [7, 11) is 0. The molecule has 3 nitrogen and oxygen atoms in total. The van der Waals surface area contributed by atoms with E-state index in [1.54, 1.807) is 0 Å². The topological polar surface area (TPSA) is 47.3 Å². The van der Waals surface area contributed by atoms with Crippen LogP contribution in [0.5, 0.6) is 0 Å². The lowest BCUT2D eigenvalue weighted by atomic mass is 9.86. The average molecular weight is 210 g/mol.